The number of nitrogens with zero attached hydrogens (tertiary/aromatic N) is 1. The summed E-state index contributed by atoms with van der Waals surface area (Å²) in [7, 11) is -4.13. The number of hydrogen-bond acceptors (Lipinski definition) is 5. The maximum Gasteiger partial charge on any atom is 0.249 e. The summed E-state index contributed by atoms with van der Waals surface area (Å²) in [6.45, 7) is 1.87. The standard InChI is InChI=1S/C29H22Cl2N2O4S/c1-2-8-25(34)32-27-23-17-22(18-13-15-19(30)16-14-18)26(21-11-6-7-12-24(21)31)33-28(23)37-29(27)38(35,36)20-9-4-3-5-10-20/h3-7,9-17H,2,8H2,1H3,(H,32,34). The second-order valence-corrected chi connectivity index (χ2v) is 11.3. The van der Waals surface area contributed by atoms with Crippen LogP contribution in [0.4, 0.5) is 5.69 Å². The minimum atomic E-state index is -4.13. The highest BCUT2D eigenvalue weighted by Gasteiger charge is 2.31. The zero-order valence-corrected chi connectivity index (χ0v) is 22.6. The van der Waals surface area contributed by atoms with Crippen molar-refractivity contribution in [3.63, 3.8) is 0 Å². The SMILES string of the molecule is CCCC(=O)Nc1c(S(=O)(=O)c2ccccc2)oc2nc(-c3ccccc3Cl)c(-c3ccc(Cl)cc3)cc12. The lowest BCUT2D eigenvalue weighted by Gasteiger charge is -2.12. The van der Waals surface area contributed by atoms with E-state index in [1.807, 2.05) is 37.3 Å². The van der Waals surface area contributed by atoms with Crippen LogP contribution in [-0.2, 0) is 14.6 Å². The number of rotatable bonds is 7. The maximum atomic E-state index is 13.7. The van der Waals surface area contributed by atoms with Gasteiger partial charge in [-0.15, -0.1) is 0 Å². The van der Waals surface area contributed by atoms with Gasteiger partial charge in [-0.2, -0.15) is 0 Å². The third-order valence-electron chi connectivity index (χ3n) is 5.97. The smallest absolute Gasteiger partial charge is 0.249 e. The van der Waals surface area contributed by atoms with Gasteiger partial charge in [0.2, 0.25) is 26.6 Å². The molecular formula is C29H22Cl2N2O4S. The van der Waals surface area contributed by atoms with Crippen molar-refractivity contribution in [2.75, 3.05) is 5.32 Å². The molecule has 5 aromatic rings. The second-order valence-electron chi connectivity index (χ2n) is 8.60. The van der Waals surface area contributed by atoms with E-state index in [-0.39, 0.29) is 33.7 Å². The lowest BCUT2D eigenvalue weighted by molar-refractivity contribution is -0.116. The Balaban J connectivity index is 1.83. The number of benzene rings is 3. The first kappa shape index (κ1) is 26.0. The number of halogens is 2. The Kier molecular flexibility index (Phi) is 7.25. The number of nitrogens with one attached hydrogen (secondary N) is 1. The molecule has 0 saturated heterocycles. The van der Waals surface area contributed by atoms with Gasteiger partial charge in [-0.05, 0) is 48.4 Å². The molecule has 0 bridgehead atoms. The van der Waals surface area contributed by atoms with E-state index in [0.29, 0.717) is 38.7 Å². The highest BCUT2D eigenvalue weighted by atomic mass is 35.5. The first-order valence-electron chi connectivity index (χ1n) is 11.9. The van der Waals surface area contributed by atoms with Crippen LogP contribution in [0.25, 0.3) is 33.5 Å². The number of carbonyl (C=O) groups is 1. The van der Waals surface area contributed by atoms with E-state index in [1.54, 1.807) is 42.5 Å². The van der Waals surface area contributed by atoms with Crippen LogP contribution in [0.2, 0.25) is 10.0 Å². The van der Waals surface area contributed by atoms with Gasteiger partial charge in [0.1, 0.15) is 5.69 Å². The van der Waals surface area contributed by atoms with E-state index in [1.165, 1.54) is 12.1 Å². The van der Waals surface area contributed by atoms with Crippen molar-refractivity contribution in [3.8, 4) is 22.4 Å². The first-order valence-corrected chi connectivity index (χ1v) is 14.1. The summed E-state index contributed by atoms with van der Waals surface area (Å²) in [5.74, 6) is -0.331. The van der Waals surface area contributed by atoms with Gasteiger partial charge in [-0.1, -0.05) is 78.7 Å². The Labute approximate surface area is 230 Å². The number of amides is 1. The summed E-state index contributed by atoms with van der Waals surface area (Å²) < 4.78 is 33.2. The number of carbonyl (C=O) groups excluding carboxylic acids is 1. The normalized spacial score (nSPS) is 11.6. The fraction of sp³-hybridized carbons (Fsp3) is 0.103. The molecular weight excluding hydrogens is 543 g/mol. The topological polar surface area (TPSA) is 89.3 Å². The van der Waals surface area contributed by atoms with Crippen molar-refractivity contribution in [2.45, 2.75) is 29.8 Å². The van der Waals surface area contributed by atoms with Gasteiger partial charge in [-0.25, -0.2) is 13.4 Å². The van der Waals surface area contributed by atoms with Crippen LogP contribution >= 0.6 is 23.2 Å². The van der Waals surface area contributed by atoms with E-state index in [0.717, 1.165) is 5.56 Å². The van der Waals surface area contributed by atoms with E-state index in [4.69, 9.17) is 32.6 Å². The van der Waals surface area contributed by atoms with E-state index in [9.17, 15) is 13.2 Å². The summed E-state index contributed by atoms with van der Waals surface area (Å²) >= 11 is 12.7. The number of fused-ring (bicyclic) bond motifs is 1. The van der Waals surface area contributed by atoms with Gasteiger partial charge in [-0.3, -0.25) is 4.79 Å². The summed E-state index contributed by atoms with van der Waals surface area (Å²) in [5.41, 5.74) is 2.68. The van der Waals surface area contributed by atoms with Gasteiger partial charge >= 0.3 is 0 Å². The fourth-order valence-corrected chi connectivity index (χ4v) is 5.85. The van der Waals surface area contributed by atoms with Crippen LogP contribution in [0, 0.1) is 0 Å². The lowest BCUT2D eigenvalue weighted by Crippen LogP contribution is -2.13. The minimum Gasteiger partial charge on any atom is -0.424 e. The summed E-state index contributed by atoms with van der Waals surface area (Å²) in [6, 6.07) is 24.1. The Bertz CT molecular complexity index is 1750. The van der Waals surface area contributed by atoms with Crippen LogP contribution in [0.5, 0.6) is 0 Å². The monoisotopic (exact) mass is 564 g/mol. The van der Waals surface area contributed by atoms with Gasteiger partial charge in [0.25, 0.3) is 0 Å². The number of aromatic nitrogens is 1. The van der Waals surface area contributed by atoms with E-state index in [2.05, 4.69) is 5.32 Å². The van der Waals surface area contributed by atoms with Crippen molar-refractivity contribution in [1.82, 2.24) is 4.98 Å². The molecule has 0 atom stereocenters. The predicted molar refractivity (Wildman–Crippen MR) is 150 cm³/mol. The molecule has 3 aromatic carbocycles. The maximum absolute atomic E-state index is 13.7. The van der Waals surface area contributed by atoms with Crippen molar-refractivity contribution in [3.05, 3.63) is 95.0 Å². The van der Waals surface area contributed by atoms with Crippen LogP contribution in [0.15, 0.2) is 99.3 Å². The Hall–Kier alpha value is -3.65. The first-order chi connectivity index (χ1) is 18.3. The van der Waals surface area contributed by atoms with Gasteiger partial charge in [0.05, 0.1) is 16.0 Å². The third kappa shape index (κ3) is 4.92. The highest BCUT2D eigenvalue weighted by Crippen LogP contribution is 2.42. The molecule has 0 aliphatic carbocycles. The summed E-state index contributed by atoms with van der Waals surface area (Å²) in [4.78, 5) is 17.5. The van der Waals surface area contributed by atoms with Crippen molar-refractivity contribution in [1.29, 1.82) is 0 Å². The molecule has 0 aliphatic heterocycles. The molecule has 1 N–H and O–H groups in total. The Morgan fingerprint density at radius 2 is 1.61 bits per heavy atom. The largest absolute Gasteiger partial charge is 0.424 e. The minimum absolute atomic E-state index is 0.0364. The van der Waals surface area contributed by atoms with E-state index >= 15 is 0 Å². The third-order valence-corrected chi connectivity index (χ3v) is 8.22. The molecule has 192 valence electrons. The van der Waals surface area contributed by atoms with Crippen molar-refractivity contribution >= 4 is 55.7 Å². The number of sulfone groups is 1. The zero-order valence-electron chi connectivity index (χ0n) is 20.2. The molecule has 0 saturated carbocycles. The predicted octanol–water partition coefficient (Wildman–Crippen LogP) is 8.04. The molecule has 38 heavy (non-hydrogen) atoms. The van der Waals surface area contributed by atoms with Gasteiger partial charge in [0.15, 0.2) is 0 Å². The average molecular weight is 565 g/mol. The lowest BCUT2D eigenvalue weighted by atomic mass is 9.98. The number of furan rings is 1. The molecule has 0 fully saturated rings. The molecule has 0 spiro atoms. The summed E-state index contributed by atoms with van der Waals surface area (Å²) in [5, 5.41) is 3.77. The number of pyridine rings is 1. The highest BCUT2D eigenvalue weighted by molar-refractivity contribution is 7.91. The molecule has 9 heteroatoms. The Morgan fingerprint density at radius 1 is 0.921 bits per heavy atom. The van der Waals surface area contributed by atoms with Gasteiger partial charge in [0, 0.05) is 27.6 Å². The molecule has 0 radical (unpaired) electrons. The van der Waals surface area contributed by atoms with Crippen LogP contribution in [-0.4, -0.2) is 19.3 Å². The second kappa shape index (κ2) is 10.6. The molecule has 6 nitrogen and oxygen atoms in total. The number of hydrogen-bond donors (Lipinski definition) is 1. The number of anilines is 1. The van der Waals surface area contributed by atoms with Crippen molar-refractivity contribution in [2.24, 2.45) is 0 Å². The fourth-order valence-electron chi connectivity index (χ4n) is 4.15. The Morgan fingerprint density at radius 3 is 2.29 bits per heavy atom. The molecule has 0 aliphatic rings. The van der Waals surface area contributed by atoms with Crippen molar-refractivity contribution < 1.29 is 17.6 Å². The van der Waals surface area contributed by atoms with E-state index < -0.39 is 9.84 Å². The molecule has 5 rings (SSSR count). The quantitative estimate of drug-likeness (QED) is 0.216. The molecule has 2 heterocycles. The zero-order chi connectivity index (χ0) is 26.9. The van der Waals surface area contributed by atoms with Crippen LogP contribution < -0.4 is 5.32 Å². The average Bonchev–Trinajstić information content (AvgIpc) is 3.27. The van der Waals surface area contributed by atoms with Gasteiger partial charge < -0.3 is 9.73 Å². The van der Waals surface area contributed by atoms with Crippen LogP contribution in [0.3, 0.4) is 0 Å². The van der Waals surface area contributed by atoms with Crippen LogP contribution in [0.1, 0.15) is 19.8 Å². The molecule has 0 unspecified atom stereocenters. The molecule has 2 aromatic heterocycles. The summed E-state index contributed by atoms with van der Waals surface area (Å²) in [6.07, 6.45) is 0.806. The molecule has 1 amide bonds.